The third kappa shape index (κ3) is 2.42. The van der Waals surface area contributed by atoms with Gasteiger partial charge in [-0.05, 0) is 42.3 Å². The average molecular weight is 345 g/mol. The van der Waals surface area contributed by atoms with Crippen LogP contribution in [0.25, 0.3) is 22.2 Å². The maximum atomic E-state index is 12.3. The van der Waals surface area contributed by atoms with E-state index in [1.807, 2.05) is 59.0 Å². The number of benzene rings is 2. The Hall–Kier alpha value is -3.26. The number of methoxy groups -OCH3 is 1. The van der Waals surface area contributed by atoms with Crippen LogP contribution in [-0.4, -0.2) is 35.6 Å². The molecule has 2 heterocycles. The van der Waals surface area contributed by atoms with Gasteiger partial charge in [-0.25, -0.2) is 0 Å². The molecular weight excluding hydrogens is 326 g/mol. The van der Waals surface area contributed by atoms with Crippen molar-refractivity contribution in [2.24, 2.45) is 7.05 Å². The van der Waals surface area contributed by atoms with Crippen LogP contribution < -0.4 is 4.74 Å². The van der Waals surface area contributed by atoms with Gasteiger partial charge in [-0.15, -0.1) is 0 Å². The lowest BCUT2D eigenvalue weighted by molar-refractivity contribution is 0.0652. The first-order valence-corrected chi connectivity index (χ1v) is 8.60. The molecule has 0 radical (unpaired) electrons. The van der Waals surface area contributed by atoms with Gasteiger partial charge in [0.25, 0.3) is 5.91 Å². The van der Waals surface area contributed by atoms with Gasteiger partial charge in [-0.2, -0.15) is 5.26 Å². The highest BCUT2D eigenvalue weighted by atomic mass is 16.5. The number of nitriles is 1. The Kier molecular flexibility index (Phi) is 3.89. The summed E-state index contributed by atoms with van der Waals surface area (Å²) in [6.45, 7) is 1.67. The molecule has 0 atom stereocenters. The first kappa shape index (κ1) is 16.2. The molecule has 26 heavy (non-hydrogen) atoms. The van der Waals surface area contributed by atoms with Gasteiger partial charge in [-0.3, -0.25) is 4.79 Å². The maximum Gasteiger partial charge on any atom is 0.253 e. The Balaban J connectivity index is 1.80. The summed E-state index contributed by atoms with van der Waals surface area (Å²) in [7, 11) is 3.56. The standard InChI is InChI=1S/C21H19N3O2/c1-23-19-9-8-16(26-2)12-17(19)18(13-22)20(23)14-4-6-15(7-5-14)21(25)24-10-3-11-24/h4-9,12H,3,10-11H2,1-2H3. The van der Waals surface area contributed by atoms with Gasteiger partial charge < -0.3 is 14.2 Å². The second kappa shape index (κ2) is 6.23. The molecule has 0 unspecified atom stereocenters. The Morgan fingerprint density at radius 2 is 1.88 bits per heavy atom. The highest BCUT2D eigenvalue weighted by molar-refractivity contribution is 5.97. The molecule has 2 aromatic carbocycles. The van der Waals surface area contributed by atoms with Crippen molar-refractivity contribution in [3.63, 3.8) is 0 Å². The number of aryl methyl sites for hydroxylation is 1. The zero-order chi connectivity index (χ0) is 18.3. The van der Waals surface area contributed by atoms with Crippen molar-refractivity contribution in [3.05, 3.63) is 53.6 Å². The number of ether oxygens (including phenoxy) is 1. The number of carbonyl (C=O) groups excluding carboxylic acids is 1. The second-order valence-corrected chi connectivity index (χ2v) is 6.50. The van der Waals surface area contributed by atoms with Crippen LogP contribution in [0.3, 0.4) is 0 Å². The van der Waals surface area contributed by atoms with Crippen LogP contribution in [0.4, 0.5) is 0 Å². The van der Waals surface area contributed by atoms with E-state index < -0.39 is 0 Å². The van der Waals surface area contributed by atoms with E-state index in [0.717, 1.165) is 47.4 Å². The zero-order valence-electron chi connectivity index (χ0n) is 14.8. The lowest BCUT2D eigenvalue weighted by atomic mass is 10.0. The summed E-state index contributed by atoms with van der Waals surface area (Å²) in [5.74, 6) is 0.798. The van der Waals surface area contributed by atoms with E-state index in [9.17, 15) is 10.1 Å². The van der Waals surface area contributed by atoms with E-state index in [0.29, 0.717) is 11.1 Å². The van der Waals surface area contributed by atoms with Crippen molar-refractivity contribution in [2.75, 3.05) is 20.2 Å². The van der Waals surface area contributed by atoms with Crippen LogP contribution >= 0.6 is 0 Å². The minimum Gasteiger partial charge on any atom is -0.497 e. The van der Waals surface area contributed by atoms with E-state index in [1.54, 1.807) is 7.11 Å². The van der Waals surface area contributed by atoms with E-state index in [1.165, 1.54) is 0 Å². The highest BCUT2D eigenvalue weighted by Crippen LogP contribution is 2.34. The molecule has 1 saturated heterocycles. The van der Waals surface area contributed by atoms with Crippen molar-refractivity contribution in [1.29, 1.82) is 5.26 Å². The number of hydrogen-bond donors (Lipinski definition) is 0. The maximum absolute atomic E-state index is 12.3. The number of carbonyl (C=O) groups is 1. The van der Waals surface area contributed by atoms with Gasteiger partial charge in [0, 0.05) is 36.6 Å². The topological polar surface area (TPSA) is 58.3 Å². The van der Waals surface area contributed by atoms with Crippen molar-refractivity contribution in [3.8, 4) is 23.1 Å². The molecule has 0 aliphatic carbocycles. The van der Waals surface area contributed by atoms with Crippen LogP contribution in [0.15, 0.2) is 42.5 Å². The van der Waals surface area contributed by atoms with E-state index in [2.05, 4.69) is 6.07 Å². The highest BCUT2D eigenvalue weighted by Gasteiger charge is 2.22. The lowest BCUT2D eigenvalue weighted by Crippen LogP contribution is -2.41. The summed E-state index contributed by atoms with van der Waals surface area (Å²) in [6.07, 6.45) is 1.08. The summed E-state index contributed by atoms with van der Waals surface area (Å²) in [5, 5.41) is 10.6. The number of aromatic nitrogens is 1. The van der Waals surface area contributed by atoms with E-state index >= 15 is 0 Å². The normalized spacial score (nSPS) is 13.3. The van der Waals surface area contributed by atoms with Crippen molar-refractivity contribution in [1.82, 2.24) is 9.47 Å². The molecule has 1 amide bonds. The van der Waals surface area contributed by atoms with Crippen LogP contribution in [0, 0.1) is 11.3 Å². The predicted octanol–water partition coefficient (Wildman–Crippen LogP) is 3.57. The Morgan fingerprint density at radius 3 is 2.46 bits per heavy atom. The first-order valence-electron chi connectivity index (χ1n) is 8.60. The first-order chi connectivity index (χ1) is 12.6. The number of rotatable bonds is 3. The molecule has 0 spiro atoms. The third-order valence-electron chi connectivity index (χ3n) is 5.07. The Bertz CT molecular complexity index is 1040. The zero-order valence-corrected chi connectivity index (χ0v) is 14.8. The van der Waals surface area contributed by atoms with Crippen molar-refractivity contribution in [2.45, 2.75) is 6.42 Å². The molecular formula is C21H19N3O2. The van der Waals surface area contributed by atoms with Crippen LogP contribution in [0.2, 0.25) is 0 Å². The fourth-order valence-electron chi connectivity index (χ4n) is 3.47. The van der Waals surface area contributed by atoms with Gasteiger partial charge in [0.05, 0.1) is 18.4 Å². The molecule has 0 saturated carbocycles. The number of likely N-dealkylation sites (tertiary alicyclic amines) is 1. The van der Waals surface area contributed by atoms with Gasteiger partial charge in [0.1, 0.15) is 11.8 Å². The van der Waals surface area contributed by atoms with Crippen LogP contribution in [-0.2, 0) is 7.05 Å². The summed E-state index contributed by atoms with van der Waals surface area (Å²) >= 11 is 0. The molecule has 0 N–H and O–H groups in total. The fourth-order valence-corrected chi connectivity index (χ4v) is 3.47. The Labute approximate surface area is 152 Å². The Morgan fingerprint density at radius 1 is 1.15 bits per heavy atom. The number of amides is 1. The largest absolute Gasteiger partial charge is 0.497 e. The molecule has 3 aromatic rings. The van der Waals surface area contributed by atoms with Gasteiger partial charge in [0.2, 0.25) is 0 Å². The van der Waals surface area contributed by atoms with E-state index in [-0.39, 0.29) is 5.91 Å². The molecule has 1 aliphatic heterocycles. The molecule has 1 fully saturated rings. The molecule has 5 nitrogen and oxygen atoms in total. The number of fused-ring (bicyclic) bond motifs is 1. The number of hydrogen-bond acceptors (Lipinski definition) is 3. The molecule has 1 aromatic heterocycles. The monoisotopic (exact) mass is 345 g/mol. The van der Waals surface area contributed by atoms with Crippen LogP contribution in [0.1, 0.15) is 22.3 Å². The minimum atomic E-state index is 0.0742. The smallest absolute Gasteiger partial charge is 0.253 e. The molecule has 0 bridgehead atoms. The molecule has 4 rings (SSSR count). The summed E-state index contributed by atoms with van der Waals surface area (Å²) in [4.78, 5) is 14.2. The van der Waals surface area contributed by atoms with Gasteiger partial charge in [-0.1, -0.05) is 12.1 Å². The van der Waals surface area contributed by atoms with Gasteiger partial charge in [0.15, 0.2) is 0 Å². The van der Waals surface area contributed by atoms with Crippen LogP contribution in [0.5, 0.6) is 5.75 Å². The van der Waals surface area contributed by atoms with Crippen molar-refractivity contribution >= 4 is 16.8 Å². The fraction of sp³-hybridized carbons (Fsp3) is 0.238. The van der Waals surface area contributed by atoms with E-state index in [4.69, 9.17) is 4.74 Å². The van der Waals surface area contributed by atoms with Crippen molar-refractivity contribution < 1.29 is 9.53 Å². The lowest BCUT2D eigenvalue weighted by Gasteiger charge is -2.30. The minimum absolute atomic E-state index is 0.0742. The molecule has 5 heteroatoms. The molecule has 130 valence electrons. The SMILES string of the molecule is COc1ccc2c(c1)c(C#N)c(-c1ccc(C(=O)N3CCC3)cc1)n2C. The van der Waals surface area contributed by atoms with Gasteiger partial charge >= 0.3 is 0 Å². The molecule has 1 aliphatic rings. The average Bonchev–Trinajstić information content (AvgIpc) is 2.91. The number of nitrogens with zero attached hydrogens (tertiary/aromatic N) is 3. The third-order valence-corrected chi connectivity index (χ3v) is 5.07. The summed E-state index contributed by atoms with van der Waals surface area (Å²) in [5.41, 5.74) is 4.03. The predicted molar refractivity (Wildman–Crippen MR) is 100 cm³/mol. The summed E-state index contributed by atoms with van der Waals surface area (Å²) in [6, 6.07) is 15.6. The quantitative estimate of drug-likeness (QED) is 0.729. The second-order valence-electron chi connectivity index (χ2n) is 6.50. The summed E-state index contributed by atoms with van der Waals surface area (Å²) < 4.78 is 7.31.